The third-order valence-electron chi connectivity index (χ3n) is 9.58. The SMILES string of the molecule is C=CCOC(=O)N1COC(=O)C12C(F)CC1C(C(=O)OCCOC(=O)C34CC5CC(CC(C5)C3)C4)C12. The van der Waals surface area contributed by atoms with Gasteiger partial charge in [-0.15, -0.1) is 0 Å². The summed E-state index contributed by atoms with van der Waals surface area (Å²) in [6.45, 7) is 2.80. The van der Waals surface area contributed by atoms with E-state index in [1.807, 2.05) is 0 Å². The molecule has 7 fully saturated rings. The van der Waals surface area contributed by atoms with E-state index in [-0.39, 0.29) is 37.6 Å². The number of cyclic esters (lactones) is 1. The minimum absolute atomic E-state index is 0.0344. The van der Waals surface area contributed by atoms with Crippen LogP contribution in [-0.4, -0.2) is 67.2 Å². The molecule has 4 bridgehead atoms. The number of amides is 1. The molecular weight excluding hydrogens is 473 g/mol. The maximum Gasteiger partial charge on any atom is 0.413 e. The molecule has 1 saturated heterocycles. The molecule has 196 valence electrons. The molecule has 5 unspecified atom stereocenters. The van der Waals surface area contributed by atoms with Crippen LogP contribution in [0.1, 0.15) is 44.9 Å². The molecule has 0 aromatic carbocycles. The van der Waals surface area contributed by atoms with E-state index in [0.717, 1.165) is 24.2 Å². The quantitative estimate of drug-likeness (QED) is 0.225. The topological polar surface area (TPSA) is 108 Å². The van der Waals surface area contributed by atoms with Crippen LogP contribution in [0.3, 0.4) is 0 Å². The van der Waals surface area contributed by atoms with E-state index in [0.29, 0.717) is 17.8 Å². The number of hydrogen-bond acceptors (Lipinski definition) is 8. The van der Waals surface area contributed by atoms with Gasteiger partial charge in [0.15, 0.2) is 12.3 Å². The van der Waals surface area contributed by atoms with Crippen molar-refractivity contribution in [1.29, 1.82) is 0 Å². The first-order valence-electron chi connectivity index (χ1n) is 13.0. The van der Waals surface area contributed by atoms with E-state index in [2.05, 4.69) is 6.58 Å². The van der Waals surface area contributed by atoms with Crippen LogP contribution in [0.5, 0.6) is 0 Å². The number of alkyl halides is 1. The van der Waals surface area contributed by atoms with Gasteiger partial charge in [-0.1, -0.05) is 12.7 Å². The van der Waals surface area contributed by atoms with Crippen LogP contribution in [0.4, 0.5) is 9.18 Å². The normalized spacial score (nSPS) is 43.2. The van der Waals surface area contributed by atoms with Gasteiger partial charge in [0, 0.05) is 5.92 Å². The Morgan fingerprint density at radius 3 is 2.31 bits per heavy atom. The molecule has 0 N–H and O–H groups in total. The summed E-state index contributed by atoms with van der Waals surface area (Å²) in [5.41, 5.74) is -2.25. The van der Waals surface area contributed by atoms with Crippen molar-refractivity contribution in [1.82, 2.24) is 4.90 Å². The standard InChI is InChI=1S/C26H32FNO8/c1-2-3-35-24(32)28-13-36-23(31)26(28)18(27)9-17-19(20(17)26)21(29)33-4-5-34-22(30)25-10-14-6-15(11-25)8-16(7-14)12-25/h2,14-20H,1,3-13H2. The lowest BCUT2D eigenvalue weighted by Gasteiger charge is -2.55. The van der Waals surface area contributed by atoms with Crippen molar-refractivity contribution >= 4 is 24.0 Å². The summed E-state index contributed by atoms with van der Waals surface area (Å²) < 4.78 is 36.1. The smallest absolute Gasteiger partial charge is 0.413 e. The second-order valence-corrected chi connectivity index (χ2v) is 11.6. The van der Waals surface area contributed by atoms with Crippen molar-refractivity contribution in [2.24, 2.45) is 40.9 Å². The number of esters is 3. The number of carbonyl (C=O) groups excluding carboxylic acids is 4. The first-order valence-corrected chi connectivity index (χ1v) is 13.0. The van der Waals surface area contributed by atoms with E-state index in [1.165, 1.54) is 25.3 Å². The largest absolute Gasteiger partial charge is 0.462 e. The average molecular weight is 506 g/mol. The molecule has 0 aromatic heterocycles. The highest BCUT2D eigenvalue weighted by Crippen LogP contribution is 2.66. The minimum atomic E-state index is -1.88. The van der Waals surface area contributed by atoms with Crippen molar-refractivity contribution < 1.29 is 42.5 Å². The van der Waals surface area contributed by atoms with Gasteiger partial charge in [0.2, 0.25) is 0 Å². The molecule has 0 radical (unpaired) electrons. The Balaban J connectivity index is 1.03. The maximum atomic E-state index is 15.1. The first kappa shape index (κ1) is 23.7. The molecule has 1 amide bonds. The van der Waals surface area contributed by atoms with Crippen molar-refractivity contribution in [3.63, 3.8) is 0 Å². The number of fused-ring (bicyclic) bond motifs is 2. The van der Waals surface area contributed by atoms with Crippen LogP contribution in [0, 0.1) is 40.9 Å². The Labute approximate surface area is 208 Å². The predicted molar refractivity (Wildman–Crippen MR) is 120 cm³/mol. The number of ether oxygens (including phenoxy) is 4. The fourth-order valence-electron chi connectivity index (χ4n) is 8.58. The fourth-order valence-corrected chi connectivity index (χ4v) is 8.58. The molecule has 7 aliphatic rings. The molecule has 7 rings (SSSR count). The monoisotopic (exact) mass is 505 g/mol. The van der Waals surface area contributed by atoms with Gasteiger partial charge in [-0.25, -0.2) is 14.0 Å². The van der Waals surface area contributed by atoms with Crippen LogP contribution < -0.4 is 0 Å². The van der Waals surface area contributed by atoms with Gasteiger partial charge in [-0.2, -0.15) is 0 Å². The number of carbonyl (C=O) groups is 4. The molecule has 1 heterocycles. The Morgan fingerprint density at radius 2 is 1.67 bits per heavy atom. The molecule has 1 spiro atoms. The Hall–Kier alpha value is -2.65. The number of nitrogens with zero attached hydrogens (tertiary/aromatic N) is 1. The van der Waals surface area contributed by atoms with Gasteiger partial charge < -0.3 is 18.9 Å². The van der Waals surface area contributed by atoms with Crippen LogP contribution in [-0.2, 0) is 33.3 Å². The highest BCUT2D eigenvalue weighted by atomic mass is 19.1. The highest BCUT2D eigenvalue weighted by molar-refractivity contribution is 5.93. The Morgan fingerprint density at radius 1 is 1.03 bits per heavy atom. The van der Waals surface area contributed by atoms with E-state index in [1.54, 1.807) is 0 Å². The first-order chi connectivity index (χ1) is 17.3. The molecule has 6 saturated carbocycles. The maximum absolute atomic E-state index is 15.1. The summed E-state index contributed by atoms with van der Waals surface area (Å²) in [7, 11) is 0. The molecule has 5 atom stereocenters. The average Bonchev–Trinajstić information content (AvgIpc) is 3.32. The second kappa shape index (κ2) is 8.45. The zero-order valence-electron chi connectivity index (χ0n) is 20.2. The second-order valence-electron chi connectivity index (χ2n) is 11.6. The predicted octanol–water partition coefficient (Wildman–Crippen LogP) is 2.77. The van der Waals surface area contributed by atoms with Gasteiger partial charge in [0.25, 0.3) is 0 Å². The van der Waals surface area contributed by atoms with E-state index < -0.39 is 54.2 Å². The fraction of sp³-hybridized carbons (Fsp3) is 0.769. The zero-order valence-corrected chi connectivity index (χ0v) is 20.2. The molecule has 0 aromatic rings. The van der Waals surface area contributed by atoms with Gasteiger partial charge in [-0.3, -0.25) is 14.5 Å². The molecular formula is C26H32FNO8. The molecule has 1 aliphatic heterocycles. The lowest BCUT2D eigenvalue weighted by atomic mass is 9.49. The van der Waals surface area contributed by atoms with Crippen LogP contribution in [0.25, 0.3) is 0 Å². The highest BCUT2D eigenvalue weighted by Gasteiger charge is 2.81. The lowest BCUT2D eigenvalue weighted by Crippen LogP contribution is -2.58. The van der Waals surface area contributed by atoms with E-state index in [9.17, 15) is 19.2 Å². The third-order valence-corrected chi connectivity index (χ3v) is 9.58. The summed E-state index contributed by atoms with van der Waals surface area (Å²) in [4.78, 5) is 51.9. The summed E-state index contributed by atoms with van der Waals surface area (Å²) in [5.74, 6) is -1.64. The van der Waals surface area contributed by atoms with Crippen molar-refractivity contribution in [2.75, 3.05) is 26.6 Å². The molecule has 6 aliphatic carbocycles. The lowest BCUT2D eigenvalue weighted by molar-refractivity contribution is -0.174. The number of hydrogen-bond donors (Lipinski definition) is 0. The summed E-state index contributed by atoms with van der Waals surface area (Å²) in [6.07, 6.45) is 5.15. The Kier molecular flexibility index (Phi) is 5.57. The Bertz CT molecular complexity index is 963. The van der Waals surface area contributed by atoms with Crippen LogP contribution in [0.2, 0.25) is 0 Å². The third kappa shape index (κ3) is 3.39. The zero-order chi connectivity index (χ0) is 25.2. The number of rotatable bonds is 7. The number of halogens is 1. The molecule has 36 heavy (non-hydrogen) atoms. The van der Waals surface area contributed by atoms with E-state index in [4.69, 9.17) is 18.9 Å². The molecule has 9 nitrogen and oxygen atoms in total. The minimum Gasteiger partial charge on any atom is -0.462 e. The van der Waals surface area contributed by atoms with Crippen molar-refractivity contribution in [3.05, 3.63) is 12.7 Å². The van der Waals surface area contributed by atoms with Gasteiger partial charge in [-0.05, 0) is 68.6 Å². The van der Waals surface area contributed by atoms with Gasteiger partial charge in [0.1, 0.15) is 26.0 Å². The van der Waals surface area contributed by atoms with Crippen LogP contribution >= 0.6 is 0 Å². The van der Waals surface area contributed by atoms with Crippen molar-refractivity contribution in [3.8, 4) is 0 Å². The van der Waals surface area contributed by atoms with Crippen molar-refractivity contribution in [2.45, 2.75) is 56.7 Å². The van der Waals surface area contributed by atoms with Crippen LogP contribution in [0.15, 0.2) is 12.7 Å². The summed E-state index contributed by atoms with van der Waals surface area (Å²) >= 11 is 0. The van der Waals surface area contributed by atoms with Gasteiger partial charge in [0.05, 0.1) is 11.3 Å². The van der Waals surface area contributed by atoms with E-state index >= 15 is 4.39 Å². The summed E-state index contributed by atoms with van der Waals surface area (Å²) in [6, 6.07) is 0. The molecule has 10 heteroatoms. The van der Waals surface area contributed by atoms with Gasteiger partial charge >= 0.3 is 24.0 Å². The summed E-state index contributed by atoms with van der Waals surface area (Å²) in [5, 5.41) is 0.